The van der Waals surface area contributed by atoms with Crippen molar-refractivity contribution in [3.8, 4) is 0 Å². The van der Waals surface area contributed by atoms with Crippen LogP contribution in [0.25, 0.3) is 10.2 Å². The Bertz CT molecular complexity index is 708. The van der Waals surface area contributed by atoms with E-state index in [0.29, 0.717) is 13.2 Å². The summed E-state index contributed by atoms with van der Waals surface area (Å²) in [5.41, 5.74) is 1.36. The van der Waals surface area contributed by atoms with E-state index >= 15 is 0 Å². The standard InChI is InChI=1S/C14H18N2O2S3/c1-18-7-4-6-16-12(17)10-9-5-3-8-20-13(9)21-11(10)15-14(16)19-2/h3-8H2,1-2H3. The maximum atomic E-state index is 12.9. The number of thioether (sulfide) groups is 2. The molecule has 21 heavy (non-hydrogen) atoms. The van der Waals surface area contributed by atoms with Crippen LogP contribution in [0.2, 0.25) is 0 Å². The Morgan fingerprint density at radius 2 is 2.33 bits per heavy atom. The van der Waals surface area contributed by atoms with Gasteiger partial charge in [0.1, 0.15) is 4.83 Å². The number of nitrogens with zero attached hydrogens (tertiary/aromatic N) is 2. The van der Waals surface area contributed by atoms with E-state index in [1.54, 1.807) is 18.4 Å². The Kier molecular flexibility index (Phi) is 4.93. The lowest BCUT2D eigenvalue weighted by Crippen LogP contribution is -2.24. The van der Waals surface area contributed by atoms with Gasteiger partial charge in [0.05, 0.1) is 9.60 Å². The van der Waals surface area contributed by atoms with Crippen LogP contribution >= 0.6 is 34.9 Å². The van der Waals surface area contributed by atoms with Crippen LogP contribution < -0.4 is 5.56 Å². The van der Waals surface area contributed by atoms with Crippen LogP contribution in [0, 0.1) is 0 Å². The zero-order chi connectivity index (χ0) is 14.8. The third kappa shape index (κ3) is 2.88. The van der Waals surface area contributed by atoms with Gasteiger partial charge in [0.25, 0.3) is 5.56 Å². The lowest BCUT2D eigenvalue weighted by molar-refractivity contribution is 0.189. The molecule has 2 aromatic heterocycles. The van der Waals surface area contributed by atoms with E-state index in [2.05, 4.69) is 0 Å². The SMILES string of the molecule is COCCCn1c(SC)nc2sc3c(c2c1=O)CCCS3. The summed E-state index contributed by atoms with van der Waals surface area (Å²) in [4.78, 5) is 18.5. The van der Waals surface area contributed by atoms with E-state index in [0.717, 1.165) is 40.4 Å². The molecule has 0 saturated heterocycles. The fourth-order valence-corrected chi connectivity index (χ4v) is 5.73. The number of hydrogen-bond acceptors (Lipinski definition) is 6. The zero-order valence-corrected chi connectivity index (χ0v) is 14.6. The van der Waals surface area contributed by atoms with Gasteiger partial charge in [0, 0.05) is 20.3 Å². The predicted octanol–water partition coefficient (Wildman–Crippen LogP) is 3.25. The Morgan fingerprint density at radius 1 is 1.48 bits per heavy atom. The minimum Gasteiger partial charge on any atom is -0.385 e. The van der Waals surface area contributed by atoms with Crippen molar-refractivity contribution in [2.75, 3.05) is 25.7 Å². The molecule has 0 amide bonds. The van der Waals surface area contributed by atoms with Gasteiger partial charge in [0.15, 0.2) is 5.16 Å². The topological polar surface area (TPSA) is 44.1 Å². The van der Waals surface area contributed by atoms with Crippen molar-refractivity contribution in [1.82, 2.24) is 9.55 Å². The lowest BCUT2D eigenvalue weighted by atomic mass is 10.1. The molecule has 114 valence electrons. The van der Waals surface area contributed by atoms with Crippen LogP contribution in [0.5, 0.6) is 0 Å². The smallest absolute Gasteiger partial charge is 0.263 e. The fourth-order valence-electron chi connectivity index (χ4n) is 2.58. The minimum atomic E-state index is 0.125. The maximum absolute atomic E-state index is 12.9. The molecule has 0 saturated carbocycles. The molecule has 3 heterocycles. The highest BCUT2D eigenvalue weighted by molar-refractivity contribution is 8.01. The summed E-state index contributed by atoms with van der Waals surface area (Å²) in [6.45, 7) is 1.33. The first-order chi connectivity index (χ1) is 10.3. The van der Waals surface area contributed by atoms with Gasteiger partial charge in [-0.2, -0.15) is 0 Å². The van der Waals surface area contributed by atoms with E-state index in [1.807, 2.05) is 22.6 Å². The molecule has 0 atom stereocenters. The first-order valence-electron chi connectivity index (χ1n) is 6.98. The molecule has 7 heteroatoms. The van der Waals surface area contributed by atoms with E-state index in [-0.39, 0.29) is 5.56 Å². The van der Waals surface area contributed by atoms with Crippen molar-refractivity contribution in [3.05, 3.63) is 15.9 Å². The van der Waals surface area contributed by atoms with Crippen molar-refractivity contribution >= 4 is 45.1 Å². The van der Waals surface area contributed by atoms with Crippen LogP contribution in [0.1, 0.15) is 18.4 Å². The molecule has 0 aromatic carbocycles. The van der Waals surface area contributed by atoms with Gasteiger partial charge in [-0.25, -0.2) is 4.98 Å². The van der Waals surface area contributed by atoms with Crippen LogP contribution in [0.3, 0.4) is 0 Å². The third-order valence-corrected chi connectivity index (χ3v) is 6.76. The molecule has 0 N–H and O–H groups in total. The Hall–Kier alpha value is -0.500. The van der Waals surface area contributed by atoms with Crippen molar-refractivity contribution in [2.24, 2.45) is 0 Å². The van der Waals surface area contributed by atoms with E-state index < -0.39 is 0 Å². The number of hydrogen-bond donors (Lipinski definition) is 0. The first kappa shape index (κ1) is 15.4. The van der Waals surface area contributed by atoms with Crippen molar-refractivity contribution in [2.45, 2.75) is 35.2 Å². The Balaban J connectivity index is 2.12. The summed E-state index contributed by atoms with van der Waals surface area (Å²) in [5, 5.41) is 1.67. The zero-order valence-electron chi connectivity index (χ0n) is 12.2. The minimum absolute atomic E-state index is 0.125. The average molecular weight is 343 g/mol. The van der Waals surface area contributed by atoms with Crippen molar-refractivity contribution in [3.63, 3.8) is 0 Å². The molecule has 0 bridgehead atoms. The number of ether oxygens (including phenoxy) is 1. The van der Waals surface area contributed by atoms with E-state index in [4.69, 9.17) is 9.72 Å². The molecule has 0 fully saturated rings. The number of methoxy groups -OCH3 is 1. The van der Waals surface area contributed by atoms with Crippen LogP contribution in [-0.4, -0.2) is 35.3 Å². The third-order valence-electron chi connectivity index (χ3n) is 3.56. The summed E-state index contributed by atoms with van der Waals surface area (Å²) in [6, 6.07) is 0. The van der Waals surface area contributed by atoms with Gasteiger partial charge < -0.3 is 4.74 Å². The maximum Gasteiger partial charge on any atom is 0.263 e. The molecular formula is C14H18N2O2S3. The molecule has 1 aliphatic rings. The fraction of sp³-hybridized carbons (Fsp3) is 0.571. The normalized spacial score (nSPS) is 14.6. The Labute approximate surface area is 136 Å². The highest BCUT2D eigenvalue weighted by atomic mass is 32.2. The number of thiophene rings is 1. The van der Waals surface area contributed by atoms with Gasteiger partial charge in [-0.3, -0.25) is 9.36 Å². The molecule has 0 aliphatic carbocycles. The highest BCUT2D eigenvalue weighted by Gasteiger charge is 2.22. The second kappa shape index (κ2) is 6.73. The van der Waals surface area contributed by atoms with Crippen molar-refractivity contribution in [1.29, 1.82) is 0 Å². The number of aromatic nitrogens is 2. The molecule has 2 aromatic rings. The molecule has 0 radical (unpaired) electrons. The second-order valence-electron chi connectivity index (χ2n) is 4.90. The molecule has 1 aliphatic heterocycles. The van der Waals surface area contributed by atoms with Crippen LogP contribution in [0.15, 0.2) is 14.2 Å². The number of fused-ring (bicyclic) bond motifs is 3. The summed E-state index contributed by atoms with van der Waals surface area (Å²) in [7, 11) is 1.69. The predicted molar refractivity (Wildman–Crippen MR) is 91.2 cm³/mol. The van der Waals surface area contributed by atoms with E-state index in [1.165, 1.54) is 21.5 Å². The van der Waals surface area contributed by atoms with Gasteiger partial charge >= 0.3 is 0 Å². The van der Waals surface area contributed by atoms with Gasteiger partial charge in [-0.15, -0.1) is 23.1 Å². The molecule has 0 spiro atoms. The summed E-state index contributed by atoms with van der Waals surface area (Å²) in [5.74, 6) is 1.15. The van der Waals surface area contributed by atoms with Gasteiger partial charge in [-0.05, 0) is 36.8 Å². The quantitative estimate of drug-likeness (QED) is 0.474. The molecular weight excluding hydrogens is 324 g/mol. The molecule has 0 unspecified atom stereocenters. The number of aryl methyl sites for hydroxylation is 1. The monoisotopic (exact) mass is 342 g/mol. The largest absolute Gasteiger partial charge is 0.385 e. The highest BCUT2D eigenvalue weighted by Crippen LogP contribution is 2.40. The van der Waals surface area contributed by atoms with Gasteiger partial charge in [0.2, 0.25) is 0 Å². The van der Waals surface area contributed by atoms with Crippen molar-refractivity contribution < 1.29 is 4.74 Å². The van der Waals surface area contributed by atoms with Crippen LogP contribution in [-0.2, 0) is 17.7 Å². The second-order valence-corrected chi connectivity index (χ2v) is 8.04. The van der Waals surface area contributed by atoms with Gasteiger partial charge in [-0.1, -0.05) is 11.8 Å². The summed E-state index contributed by atoms with van der Waals surface area (Å²) >= 11 is 5.09. The summed E-state index contributed by atoms with van der Waals surface area (Å²) in [6.07, 6.45) is 4.97. The van der Waals surface area contributed by atoms with Crippen LogP contribution in [0.4, 0.5) is 0 Å². The first-order valence-corrected chi connectivity index (χ1v) is 10.0. The lowest BCUT2D eigenvalue weighted by Gasteiger charge is -2.12. The average Bonchev–Trinajstić information content (AvgIpc) is 2.87. The molecule has 4 nitrogen and oxygen atoms in total. The summed E-state index contributed by atoms with van der Waals surface area (Å²) < 4.78 is 8.21. The number of rotatable bonds is 5. The van der Waals surface area contributed by atoms with E-state index in [9.17, 15) is 4.79 Å². The Morgan fingerprint density at radius 3 is 3.10 bits per heavy atom. The molecule has 3 rings (SSSR count).